The average molecular weight is 365 g/mol. The number of carbonyl (C=O) groups is 1. The van der Waals surface area contributed by atoms with Crippen LogP contribution >= 0.6 is 0 Å². The minimum absolute atomic E-state index is 0.124. The van der Waals surface area contributed by atoms with E-state index in [4.69, 9.17) is 8.94 Å². The summed E-state index contributed by atoms with van der Waals surface area (Å²) < 4.78 is 50.0. The molecule has 0 spiro atoms. The molecular formula is C17H14F3N3O3. The second-order valence-electron chi connectivity index (χ2n) is 5.60. The largest absolute Gasteiger partial charge is 0.461 e. The minimum Gasteiger partial charge on any atom is -0.461 e. The number of carbonyl (C=O) groups excluding carboxylic acids is 1. The molecule has 2 heterocycles. The van der Waals surface area contributed by atoms with Crippen LogP contribution in [0.2, 0.25) is 0 Å². The zero-order valence-corrected chi connectivity index (χ0v) is 13.6. The highest BCUT2D eigenvalue weighted by molar-refractivity contribution is 5.92. The van der Waals surface area contributed by atoms with Gasteiger partial charge in [0.15, 0.2) is 23.2 Å². The van der Waals surface area contributed by atoms with E-state index in [0.29, 0.717) is 17.2 Å². The number of benzene rings is 1. The molecule has 26 heavy (non-hydrogen) atoms. The van der Waals surface area contributed by atoms with E-state index in [0.717, 1.165) is 12.1 Å². The molecule has 0 unspecified atom stereocenters. The van der Waals surface area contributed by atoms with E-state index in [1.807, 2.05) is 0 Å². The topological polar surface area (TPSA) is 71.5 Å². The third-order valence-electron chi connectivity index (χ3n) is 3.48. The molecule has 9 heteroatoms. The van der Waals surface area contributed by atoms with Gasteiger partial charge in [-0.05, 0) is 31.3 Å². The maximum absolute atomic E-state index is 13.6. The average Bonchev–Trinajstić information content (AvgIpc) is 3.26. The van der Waals surface area contributed by atoms with Crippen LogP contribution in [0.25, 0.3) is 11.5 Å². The van der Waals surface area contributed by atoms with E-state index in [9.17, 15) is 18.0 Å². The van der Waals surface area contributed by atoms with Crippen LogP contribution < -0.4 is 5.32 Å². The van der Waals surface area contributed by atoms with Crippen LogP contribution in [0, 0.1) is 17.5 Å². The molecule has 0 aliphatic rings. The lowest BCUT2D eigenvalue weighted by atomic mass is 10.2. The predicted molar refractivity (Wildman–Crippen MR) is 85.5 cm³/mol. The van der Waals surface area contributed by atoms with E-state index in [2.05, 4.69) is 10.5 Å². The maximum Gasteiger partial charge on any atom is 0.238 e. The number of likely N-dealkylation sites (N-methyl/N-ethyl adjacent to an activating group) is 1. The van der Waals surface area contributed by atoms with Gasteiger partial charge in [-0.25, -0.2) is 13.2 Å². The van der Waals surface area contributed by atoms with Crippen molar-refractivity contribution in [1.82, 2.24) is 10.1 Å². The molecule has 0 fully saturated rings. The summed E-state index contributed by atoms with van der Waals surface area (Å²) in [7, 11) is 1.64. The van der Waals surface area contributed by atoms with Gasteiger partial charge in [0.25, 0.3) is 0 Å². The van der Waals surface area contributed by atoms with Gasteiger partial charge in [0.05, 0.1) is 24.2 Å². The van der Waals surface area contributed by atoms with Gasteiger partial charge in [-0.1, -0.05) is 5.16 Å². The summed E-state index contributed by atoms with van der Waals surface area (Å²) in [6, 6.07) is 6.80. The Morgan fingerprint density at radius 1 is 1.19 bits per heavy atom. The maximum atomic E-state index is 13.6. The Hall–Kier alpha value is -3.07. The summed E-state index contributed by atoms with van der Waals surface area (Å²) in [5.41, 5.74) is 0.134. The van der Waals surface area contributed by atoms with Gasteiger partial charge in [0, 0.05) is 12.6 Å². The summed E-state index contributed by atoms with van der Waals surface area (Å²) in [4.78, 5) is 13.6. The number of hydrogen-bond donors (Lipinski definition) is 1. The summed E-state index contributed by atoms with van der Waals surface area (Å²) in [6.07, 6.45) is 1.51. The highest BCUT2D eigenvalue weighted by atomic mass is 19.2. The van der Waals surface area contributed by atoms with Crippen LogP contribution in [-0.4, -0.2) is 29.6 Å². The first kappa shape index (κ1) is 17.7. The number of amides is 1. The lowest BCUT2D eigenvalue weighted by molar-refractivity contribution is -0.117. The first-order chi connectivity index (χ1) is 12.4. The number of nitrogens with zero attached hydrogens (tertiary/aromatic N) is 2. The normalized spacial score (nSPS) is 11.1. The van der Waals surface area contributed by atoms with Crippen molar-refractivity contribution in [2.45, 2.75) is 6.54 Å². The summed E-state index contributed by atoms with van der Waals surface area (Å²) >= 11 is 0. The molecule has 0 atom stereocenters. The number of aromatic nitrogens is 1. The first-order valence-electron chi connectivity index (χ1n) is 7.55. The highest BCUT2D eigenvalue weighted by Crippen LogP contribution is 2.21. The number of halogens is 3. The molecule has 0 bridgehead atoms. The predicted octanol–water partition coefficient (Wildman–Crippen LogP) is 3.42. The fourth-order valence-corrected chi connectivity index (χ4v) is 2.31. The first-order valence-corrected chi connectivity index (χ1v) is 7.55. The molecule has 1 aromatic carbocycles. The van der Waals surface area contributed by atoms with Crippen molar-refractivity contribution in [3.05, 3.63) is 59.7 Å². The number of furan rings is 1. The van der Waals surface area contributed by atoms with Crippen LogP contribution in [0.15, 0.2) is 45.5 Å². The Morgan fingerprint density at radius 3 is 2.73 bits per heavy atom. The lowest BCUT2D eigenvalue weighted by Gasteiger charge is -2.15. The second-order valence-corrected chi connectivity index (χ2v) is 5.60. The number of nitrogens with one attached hydrogen (secondary N) is 1. The van der Waals surface area contributed by atoms with Crippen molar-refractivity contribution in [3.8, 4) is 11.5 Å². The molecule has 0 aliphatic carbocycles. The molecule has 3 aromatic rings. The molecule has 0 saturated heterocycles. The molecule has 1 N–H and O–H groups in total. The lowest BCUT2D eigenvalue weighted by Crippen LogP contribution is -2.30. The van der Waals surface area contributed by atoms with E-state index >= 15 is 0 Å². The van der Waals surface area contributed by atoms with Crippen molar-refractivity contribution in [2.75, 3.05) is 18.9 Å². The standard InChI is InChI=1S/C17H14F3N3O3/c1-23(8-10-7-14(26-22-10)13-3-2-6-25-13)9-15(24)21-12-5-4-11(18)16(19)17(12)20/h2-7H,8-9H2,1H3,(H,21,24). The molecule has 1 amide bonds. The minimum atomic E-state index is -1.63. The number of rotatable bonds is 6. The Kier molecular flexibility index (Phi) is 5.08. The zero-order valence-electron chi connectivity index (χ0n) is 13.6. The van der Waals surface area contributed by atoms with Crippen molar-refractivity contribution in [2.24, 2.45) is 0 Å². The third-order valence-corrected chi connectivity index (χ3v) is 3.48. The fraction of sp³-hybridized carbons (Fsp3) is 0.176. The Bertz CT molecular complexity index is 909. The number of hydrogen-bond acceptors (Lipinski definition) is 5. The van der Waals surface area contributed by atoms with Crippen LogP contribution in [0.5, 0.6) is 0 Å². The SMILES string of the molecule is CN(CC(=O)Nc1ccc(F)c(F)c1F)Cc1cc(-c2ccco2)on1. The van der Waals surface area contributed by atoms with Crippen molar-refractivity contribution >= 4 is 11.6 Å². The van der Waals surface area contributed by atoms with Gasteiger partial charge in [-0.2, -0.15) is 0 Å². The van der Waals surface area contributed by atoms with Gasteiger partial charge in [-0.15, -0.1) is 0 Å². The summed E-state index contributed by atoms with van der Waals surface area (Å²) in [5, 5.41) is 6.08. The van der Waals surface area contributed by atoms with Gasteiger partial charge in [0.1, 0.15) is 0 Å². The quantitative estimate of drug-likeness (QED) is 0.678. The fourth-order valence-electron chi connectivity index (χ4n) is 2.31. The molecular weight excluding hydrogens is 351 g/mol. The van der Waals surface area contributed by atoms with Gasteiger partial charge in [0.2, 0.25) is 11.7 Å². The Balaban J connectivity index is 1.57. The third kappa shape index (κ3) is 3.94. The molecule has 2 aromatic heterocycles. The summed E-state index contributed by atoms with van der Waals surface area (Å²) in [5.74, 6) is -4.02. The number of anilines is 1. The van der Waals surface area contributed by atoms with Crippen LogP contribution in [-0.2, 0) is 11.3 Å². The second kappa shape index (κ2) is 7.44. The van der Waals surface area contributed by atoms with Crippen molar-refractivity contribution < 1.29 is 26.9 Å². The highest BCUT2D eigenvalue weighted by Gasteiger charge is 2.17. The van der Waals surface area contributed by atoms with E-state index in [1.54, 1.807) is 30.1 Å². The molecule has 0 saturated carbocycles. The van der Waals surface area contributed by atoms with Gasteiger partial charge in [-0.3, -0.25) is 9.69 Å². The molecule has 136 valence electrons. The van der Waals surface area contributed by atoms with Gasteiger partial charge < -0.3 is 14.3 Å². The van der Waals surface area contributed by atoms with Crippen LogP contribution in [0.3, 0.4) is 0 Å². The van der Waals surface area contributed by atoms with Gasteiger partial charge >= 0.3 is 0 Å². The smallest absolute Gasteiger partial charge is 0.238 e. The molecule has 0 aliphatic heterocycles. The Labute approximate surface area is 146 Å². The Morgan fingerprint density at radius 2 is 2.00 bits per heavy atom. The molecule has 6 nitrogen and oxygen atoms in total. The van der Waals surface area contributed by atoms with Crippen molar-refractivity contribution in [1.29, 1.82) is 0 Å². The molecule has 3 rings (SSSR count). The van der Waals surface area contributed by atoms with Crippen molar-refractivity contribution in [3.63, 3.8) is 0 Å². The zero-order chi connectivity index (χ0) is 18.7. The van der Waals surface area contributed by atoms with Crippen LogP contribution in [0.1, 0.15) is 5.69 Å². The summed E-state index contributed by atoms with van der Waals surface area (Å²) in [6.45, 7) is 0.152. The molecule has 0 radical (unpaired) electrons. The van der Waals surface area contributed by atoms with E-state index in [-0.39, 0.29) is 13.1 Å². The monoisotopic (exact) mass is 365 g/mol. The van der Waals surface area contributed by atoms with Crippen LogP contribution in [0.4, 0.5) is 18.9 Å². The van der Waals surface area contributed by atoms with E-state index < -0.39 is 29.0 Å². The van der Waals surface area contributed by atoms with E-state index in [1.165, 1.54) is 6.26 Å².